The number of aliphatic hydroxyl groups excluding tert-OH is 1. The molecule has 8 nitrogen and oxygen atoms in total. The van der Waals surface area contributed by atoms with Crippen LogP contribution in [0.4, 0.5) is 4.79 Å². The average molecular weight is 514 g/mol. The van der Waals surface area contributed by atoms with Gasteiger partial charge in [0.25, 0.3) is 0 Å². The predicted octanol–water partition coefficient (Wildman–Crippen LogP) is 3.28. The third-order valence-corrected chi connectivity index (χ3v) is 8.15. The zero-order valence-corrected chi connectivity index (χ0v) is 21.1. The lowest BCUT2D eigenvalue weighted by molar-refractivity contribution is -0.134. The number of piperidine rings is 1. The fourth-order valence-electron chi connectivity index (χ4n) is 4.99. The number of β-amino-alcohol motifs (C(OH)–C–C–N with tert-alkyl or cyclic N) is 1. The summed E-state index contributed by atoms with van der Waals surface area (Å²) in [6.07, 6.45) is 3.53. The molecule has 0 aromatic heterocycles. The molecule has 2 atom stereocenters. The van der Waals surface area contributed by atoms with Crippen LogP contribution in [0.25, 0.3) is 0 Å². The summed E-state index contributed by atoms with van der Waals surface area (Å²) in [5, 5.41) is 11.2. The summed E-state index contributed by atoms with van der Waals surface area (Å²) in [7, 11) is 1.64. The van der Waals surface area contributed by atoms with Crippen molar-refractivity contribution >= 4 is 35.2 Å². The number of benzene rings is 1. The van der Waals surface area contributed by atoms with Gasteiger partial charge in [-0.3, -0.25) is 4.79 Å². The number of aliphatic hydroxyl groups is 1. The van der Waals surface area contributed by atoms with E-state index in [0.717, 1.165) is 38.8 Å². The van der Waals surface area contributed by atoms with Crippen molar-refractivity contribution in [2.24, 2.45) is 5.41 Å². The lowest BCUT2D eigenvalue weighted by atomic mass is 9.90. The molecule has 0 radical (unpaired) electrons. The Kier molecular flexibility index (Phi) is 8.25. The monoisotopic (exact) mass is 513 g/mol. The van der Waals surface area contributed by atoms with Gasteiger partial charge in [0.15, 0.2) is 0 Å². The molecule has 2 saturated heterocycles. The molecule has 3 aliphatic rings. The fraction of sp³-hybridized carbons (Fsp3) is 0.667. The molecule has 188 valence electrons. The van der Waals surface area contributed by atoms with Crippen LogP contribution >= 0.6 is 23.2 Å². The largest absolute Gasteiger partial charge is 0.415 e. The van der Waals surface area contributed by atoms with Crippen LogP contribution < -0.4 is 4.74 Å². The van der Waals surface area contributed by atoms with E-state index in [4.69, 9.17) is 32.7 Å². The lowest BCUT2D eigenvalue weighted by Gasteiger charge is -2.38. The van der Waals surface area contributed by atoms with Crippen molar-refractivity contribution in [1.29, 1.82) is 0 Å². The van der Waals surface area contributed by atoms with Crippen LogP contribution in [0, 0.1) is 5.41 Å². The molecule has 1 saturated carbocycles. The average Bonchev–Trinajstić information content (AvgIpc) is 3.61. The second kappa shape index (κ2) is 11.0. The minimum absolute atomic E-state index is 0.00231. The molecule has 2 unspecified atom stereocenters. The topological polar surface area (TPSA) is 82.6 Å². The molecular weight excluding hydrogens is 481 g/mol. The van der Waals surface area contributed by atoms with Gasteiger partial charge in [-0.15, -0.1) is 0 Å². The van der Waals surface area contributed by atoms with E-state index in [9.17, 15) is 14.7 Å². The van der Waals surface area contributed by atoms with Gasteiger partial charge < -0.3 is 29.3 Å². The summed E-state index contributed by atoms with van der Waals surface area (Å²) in [6.45, 7) is 3.98. The third-order valence-electron chi connectivity index (χ3n) is 7.42. The van der Waals surface area contributed by atoms with E-state index in [2.05, 4.69) is 4.90 Å². The van der Waals surface area contributed by atoms with Gasteiger partial charge in [0.2, 0.25) is 5.91 Å². The molecule has 34 heavy (non-hydrogen) atoms. The van der Waals surface area contributed by atoms with Crippen molar-refractivity contribution in [3.8, 4) is 5.75 Å². The number of methoxy groups -OCH3 is 1. The summed E-state index contributed by atoms with van der Waals surface area (Å²) in [5.74, 6) is 0.309. The molecule has 4 rings (SSSR count). The zero-order chi connectivity index (χ0) is 24.3. The van der Waals surface area contributed by atoms with Crippen LogP contribution in [0.3, 0.4) is 0 Å². The number of carbonyl (C=O) groups excluding carboxylic acids is 2. The summed E-state index contributed by atoms with van der Waals surface area (Å²) in [5.41, 5.74) is 0.179. The Balaban J connectivity index is 1.31. The minimum Gasteiger partial charge on any atom is -0.410 e. The van der Waals surface area contributed by atoms with Crippen LogP contribution in [0.1, 0.15) is 32.1 Å². The summed E-state index contributed by atoms with van der Waals surface area (Å²) in [4.78, 5) is 31.3. The fourth-order valence-corrected chi connectivity index (χ4v) is 5.28. The first-order valence-electron chi connectivity index (χ1n) is 11.9. The molecule has 1 N–H and O–H groups in total. The Morgan fingerprint density at radius 3 is 2.65 bits per heavy atom. The Morgan fingerprint density at radius 2 is 1.97 bits per heavy atom. The van der Waals surface area contributed by atoms with Crippen molar-refractivity contribution in [3.63, 3.8) is 0 Å². The van der Waals surface area contributed by atoms with Crippen molar-refractivity contribution in [1.82, 2.24) is 14.7 Å². The van der Waals surface area contributed by atoms with Crippen molar-refractivity contribution in [2.45, 2.75) is 44.2 Å². The Bertz CT molecular complexity index is 897. The van der Waals surface area contributed by atoms with E-state index >= 15 is 0 Å². The van der Waals surface area contributed by atoms with Gasteiger partial charge in [0, 0.05) is 52.3 Å². The Morgan fingerprint density at radius 1 is 1.18 bits per heavy atom. The number of halogens is 2. The summed E-state index contributed by atoms with van der Waals surface area (Å²) < 4.78 is 10.9. The quantitative estimate of drug-likeness (QED) is 0.602. The van der Waals surface area contributed by atoms with Crippen molar-refractivity contribution in [2.75, 3.05) is 53.0 Å². The van der Waals surface area contributed by atoms with Gasteiger partial charge in [0.1, 0.15) is 5.75 Å². The number of rotatable bonds is 7. The molecule has 1 aliphatic carbocycles. The maximum atomic E-state index is 12.9. The molecule has 3 fully saturated rings. The van der Waals surface area contributed by atoms with E-state index in [1.165, 1.54) is 6.07 Å². The van der Waals surface area contributed by atoms with Gasteiger partial charge >= 0.3 is 6.09 Å². The van der Waals surface area contributed by atoms with Gasteiger partial charge in [-0.25, -0.2) is 4.79 Å². The highest BCUT2D eigenvalue weighted by atomic mass is 35.5. The number of nitrogens with zero attached hydrogens (tertiary/aromatic N) is 3. The maximum Gasteiger partial charge on any atom is 0.415 e. The summed E-state index contributed by atoms with van der Waals surface area (Å²) >= 11 is 11.9. The highest BCUT2D eigenvalue weighted by Crippen LogP contribution is 2.53. The van der Waals surface area contributed by atoms with Crippen LogP contribution in [0.2, 0.25) is 10.0 Å². The smallest absolute Gasteiger partial charge is 0.410 e. The van der Waals surface area contributed by atoms with Crippen LogP contribution in [-0.4, -0.2) is 96.9 Å². The van der Waals surface area contributed by atoms with Crippen LogP contribution in [0.5, 0.6) is 5.75 Å². The first kappa shape index (κ1) is 25.5. The second-order valence-electron chi connectivity index (χ2n) is 9.59. The number of likely N-dealkylation sites (tertiary alicyclic amines) is 1. The Labute approximate surface area is 210 Å². The number of ether oxygens (including phenoxy) is 2. The molecule has 2 heterocycles. The van der Waals surface area contributed by atoms with Gasteiger partial charge in [-0.1, -0.05) is 23.2 Å². The SMILES string of the molecule is COCC(CCN1CCC2(CC2)C(O)C1)N1CCN(C(=O)Oc2ccc(Cl)c(Cl)c2)CCC1=O. The molecular formula is C24H33Cl2N3O5. The molecule has 1 aromatic carbocycles. The van der Waals surface area contributed by atoms with Gasteiger partial charge in [-0.05, 0) is 49.8 Å². The number of amides is 2. The molecule has 1 spiro atoms. The van der Waals surface area contributed by atoms with E-state index in [-0.39, 0.29) is 36.4 Å². The van der Waals surface area contributed by atoms with E-state index in [0.29, 0.717) is 42.0 Å². The maximum absolute atomic E-state index is 12.9. The number of carbonyl (C=O) groups is 2. The highest BCUT2D eigenvalue weighted by molar-refractivity contribution is 6.42. The standard InChI is InChI=1S/C24H33Cl2N3O5/c1-33-16-17(4-9-27-11-8-24(6-7-24)21(30)15-27)29-13-12-28(10-5-22(29)31)23(32)34-18-2-3-19(25)20(26)14-18/h2-3,14,17,21,30H,4-13,15-16H2,1H3. The second-order valence-corrected chi connectivity index (χ2v) is 10.4. The first-order valence-corrected chi connectivity index (χ1v) is 12.7. The summed E-state index contributed by atoms with van der Waals surface area (Å²) in [6, 6.07) is 4.56. The van der Waals surface area contributed by atoms with E-state index < -0.39 is 6.09 Å². The lowest BCUT2D eigenvalue weighted by Crippen LogP contribution is -2.49. The van der Waals surface area contributed by atoms with Crippen LogP contribution in [-0.2, 0) is 9.53 Å². The Hall–Kier alpha value is -1.58. The highest BCUT2D eigenvalue weighted by Gasteiger charge is 2.51. The number of hydrogen-bond donors (Lipinski definition) is 1. The molecule has 0 bridgehead atoms. The van der Waals surface area contributed by atoms with Gasteiger partial charge in [0.05, 0.1) is 28.8 Å². The van der Waals surface area contributed by atoms with E-state index in [1.807, 2.05) is 4.90 Å². The predicted molar refractivity (Wildman–Crippen MR) is 129 cm³/mol. The molecule has 1 aromatic rings. The van der Waals surface area contributed by atoms with E-state index in [1.54, 1.807) is 24.1 Å². The first-order chi connectivity index (χ1) is 16.3. The normalized spacial score (nSPS) is 23.6. The third kappa shape index (κ3) is 5.97. The van der Waals surface area contributed by atoms with Crippen LogP contribution in [0.15, 0.2) is 18.2 Å². The molecule has 2 aliphatic heterocycles. The van der Waals surface area contributed by atoms with Crippen molar-refractivity contribution < 1.29 is 24.2 Å². The molecule has 2 amide bonds. The van der Waals surface area contributed by atoms with Gasteiger partial charge in [-0.2, -0.15) is 0 Å². The van der Waals surface area contributed by atoms with Crippen molar-refractivity contribution in [3.05, 3.63) is 28.2 Å². The number of hydrogen-bond acceptors (Lipinski definition) is 6. The minimum atomic E-state index is -0.521. The zero-order valence-electron chi connectivity index (χ0n) is 19.5. The molecule has 10 heteroatoms.